The molecule has 2 fully saturated rings. The highest BCUT2D eigenvalue weighted by atomic mass is 16.5. The van der Waals surface area contributed by atoms with Crippen molar-refractivity contribution >= 4 is 11.8 Å². The van der Waals surface area contributed by atoms with Crippen LogP contribution in [-0.2, 0) is 6.54 Å². The maximum atomic E-state index is 11.6. The molecule has 7 nitrogen and oxygen atoms in total. The third-order valence-electron chi connectivity index (χ3n) is 6.04. The van der Waals surface area contributed by atoms with Gasteiger partial charge in [0.1, 0.15) is 0 Å². The number of aromatic nitrogens is 2. The third kappa shape index (κ3) is 5.27. The number of rotatable bonds is 7. The molecule has 4 rings (SSSR count). The predicted octanol–water partition coefficient (Wildman–Crippen LogP) is 3.74. The summed E-state index contributed by atoms with van der Waals surface area (Å²) >= 11 is 0. The van der Waals surface area contributed by atoms with Crippen molar-refractivity contribution in [3.05, 3.63) is 47.5 Å². The van der Waals surface area contributed by atoms with Crippen LogP contribution in [0.4, 0.5) is 10.6 Å². The number of urea groups is 1. The van der Waals surface area contributed by atoms with Gasteiger partial charge in [0.2, 0.25) is 5.88 Å². The normalized spacial score (nSPS) is 21.1. The van der Waals surface area contributed by atoms with Crippen molar-refractivity contribution in [1.29, 1.82) is 0 Å². The molecule has 1 aromatic carbocycles. The topological polar surface area (TPSA) is 70.6 Å². The van der Waals surface area contributed by atoms with Crippen molar-refractivity contribution in [2.45, 2.75) is 38.1 Å². The minimum atomic E-state index is -0.234. The van der Waals surface area contributed by atoms with E-state index in [-0.39, 0.29) is 6.03 Å². The van der Waals surface area contributed by atoms with E-state index in [2.05, 4.69) is 44.7 Å². The summed E-state index contributed by atoms with van der Waals surface area (Å²) in [5, 5.41) is 10.7. The molecule has 0 radical (unpaired) electrons. The zero-order valence-corrected chi connectivity index (χ0v) is 17.9. The first kappa shape index (κ1) is 20.6. The monoisotopic (exact) mass is 409 g/mol. The van der Waals surface area contributed by atoms with E-state index >= 15 is 0 Å². The lowest BCUT2D eigenvalue weighted by Gasteiger charge is -2.35. The van der Waals surface area contributed by atoms with Crippen molar-refractivity contribution in [2.75, 3.05) is 39.1 Å². The lowest BCUT2D eigenvalue weighted by molar-refractivity contribution is 0.153. The van der Waals surface area contributed by atoms with Crippen LogP contribution in [0, 0.1) is 5.92 Å². The Morgan fingerprint density at radius 3 is 2.47 bits per heavy atom. The molecule has 0 atom stereocenters. The molecule has 1 aliphatic heterocycles. The number of benzene rings is 1. The molecule has 2 heterocycles. The van der Waals surface area contributed by atoms with Crippen molar-refractivity contribution in [3.63, 3.8) is 0 Å². The van der Waals surface area contributed by atoms with E-state index in [0.717, 1.165) is 19.4 Å². The van der Waals surface area contributed by atoms with E-state index < -0.39 is 0 Å². The highest BCUT2D eigenvalue weighted by Gasteiger charge is 2.30. The van der Waals surface area contributed by atoms with Crippen LogP contribution in [0.1, 0.15) is 42.7 Å². The van der Waals surface area contributed by atoms with E-state index in [1.54, 1.807) is 26.2 Å². The van der Waals surface area contributed by atoms with Gasteiger partial charge in [0.15, 0.2) is 5.82 Å². The van der Waals surface area contributed by atoms with E-state index in [1.165, 1.54) is 42.0 Å². The number of nitrogens with one attached hydrogen (secondary N) is 1. The fourth-order valence-corrected chi connectivity index (χ4v) is 4.13. The van der Waals surface area contributed by atoms with Gasteiger partial charge in [-0.2, -0.15) is 0 Å². The van der Waals surface area contributed by atoms with Crippen molar-refractivity contribution in [3.8, 4) is 5.88 Å². The number of likely N-dealkylation sites (tertiary alicyclic amines) is 1. The fraction of sp³-hybridized carbons (Fsp3) is 0.522. The second-order valence-electron chi connectivity index (χ2n) is 8.65. The van der Waals surface area contributed by atoms with Crippen molar-refractivity contribution in [2.24, 2.45) is 5.92 Å². The van der Waals surface area contributed by atoms with Crippen molar-refractivity contribution in [1.82, 2.24) is 20.0 Å². The second kappa shape index (κ2) is 9.43. The Hall–Kier alpha value is -2.67. The van der Waals surface area contributed by atoms with Crippen LogP contribution in [0.3, 0.4) is 0 Å². The van der Waals surface area contributed by atoms with Gasteiger partial charge in [0.05, 0.1) is 6.61 Å². The molecule has 2 aliphatic rings. The summed E-state index contributed by atoms with van der Waals surface area (Å²) in [4.78, 5) is 15.6. The molecule has 2 aromatic rings. The number of hydrogen-bond donors (Lipinski definition) is 1. The zero-order valence-electron chi connectivity index (χ0n) is 17.9. The predicted molar refractivity (Wildman–Crippen MR) is 117 cm³/mol. The summed E-state index contributed by atoms with van der Waals surface area (Å²) < 4.78 is 5.79. The summed E-state index contributed by atoms with van der Waals surface area (Å²) in [7, 11) is 3.35. The summed E-state index contributed by atoms with van der Waals surface area (Å²) in [6.45, 7) is 4.22. The Labute approximate surface area is 178 Å². The van der Waals surface area contributed by atoms with Crippen LogP contribution in [0.5, 0.6) is 5.88 Å². The maximum Gasteiger partial charge on any atom is 0.322 e. The Kier molecular flexibility index (Phi) is 6.47. The standard InChI is InChI=1S/C23H31N5O2/c1-27(2)23(29)24-21-9-10-22(26-25-21)30-16-18-13-20(14-18)19-7-5-17(6-8-19)15-28-11-3-4-12-28/h5-10,18,20H,3-4,11-16H2,1-2H3,(H,24,25,29). The Bertz CT molecular complexity index is 826. The number of amides is 2. The molecule has 0 unspecified atom stereocenters. The molecule has 0 bridgehead atoms. The first-order chi connectivity index (χ1) is 14.6. The molecule has 7 heteroatoms. The van der Waals surface area contributed by atoms with E-state index in [4.69, 9.17) is 4.74 Å². The summed E-state index contributed by atoms with van der Waals surface area (Å²) in [6.07, 6.45) is 4.98. The molecule has 1 saturated carbocycles. The molecule has 1 aromatic heterocycles. The van der Waals surface area contributed by atoms with Crippen molar-refractivity contribution < 1.29 is 9.53 Å². The lowest BCUT2D eigenvalue weighted by Crippen LogP contribution is -2.28. The highest BCUT2D eigenvalue weighted by Crippen LogP contribution is 2.41. The fourth-order valence-electron chi connectivity index (χ4n) is 4.13. The van der Waals surface area contributed by atoms with Gasteiger partial charge in [-0.1, -0.05) is 24.3 Å². The number of nitrogens with zero attached hydrogens (tertiary/aromatic N) is 4. The van der Waals surface area contributed by atoms with Gasteiger partial charge in [-0.05, 0) is 67.8 Å². The number of carbonyl (C=O) groups excluding carboxylic acids is 1. The summed E-state index contributed by atoms with van der Waals surface area (Å²) in [5.74, 6) is 2.09. The second-order valence-corrected chi connectivity index (χ2v) is 8.65. The number of ether oxygens (including phenoxy) is 1. The van der Waals surface area contributed by atoms with Gasteiger partial charge < -0.3 is 9.64 Å². The van der Waals surface area contributed by atoms with Crippen LogP contribution in [-0.4, -0.2) is 59.8 Å². The molecule has 30 heavy (non-hydrogen) atoms. The van der Waals surface area contributed by atoms with E-state index in [9.17, 15) is 4.79 Å². The van der Waals surface area contributed by atoms with Gasteiger partial charge in [0, 0.05) is 26.7 Å². The zero-order chi connectivity index (χ0) is 20.9. The van der Waals surface area contributed by atoms with E-state index in [1.807, 2.05) is 0 Å². The van der Waals surface area contributed by atoms with Gasteiger partial charge in [0.25, 0.3) is 0 Å². The minimum Gasteiger partial charge on any atom is -0.476 e. The number of hydrogen-bond acceptors (Lipinski definition) is 5. The molecule has 0 spiro atoms. The van der Waals surface area contributed by atoms with E-state index in [0.29, 0.717) is 30.1 Å². The molecular weight excluding hydrogens is 378 g/mol. The smallest absolute Gasteiger partial charge is 0.322 e. The number of anilines is 1. The van der Waals surface area contributed by atoms with Gasteiger partial charge in [-0.3, -0.25) is 10.2 Å². The Balaban J connectivity index is 1.18. The van der Waals surface area contributed by atoms with Crippen LogP contribution in [0.2, 0.25) is 0 Å². The van der Waals surface area contributed by atoms with Crippen LogP contribution < -0.4 is 10.1 Å². The van der Waals surface area contributed by atoms with Gasteiger partial charge in [-0.15, -0.1) is 10.2 Å². The molecule has 1 N–H and O–H groups in total. The molecule has 160 valence electrons. The Morgan fingerprint density at radius 2 is 1.83 bits per heavy atom. The van der Waals surface area contributed by atoms with Crippen LogP contribution in [0.25, 0.3) is 0 Å². The number of carbonyl (C=O) groups is 1. The Morgan fingerprint density at radius 1 is 1.10 bits per heavy atom. The molecule has 1 saturated heterocycles. The molecular formula is C23H31N5O2. The first-order valence-electron chi connectivity index (χ1n) is 10.8. The SMILES string of the molecule is CN(C)C(=O)Nc1ccc(OCC2CC(c3ccc(CN4CCCC4)cc3)C2)nn1. The largest absolute Gasteiger partial charge is 0.476 e. The average molecular weight is 410 g/mol. The third-order valence-corrected chi connectivity index (χ3v) is 6.04. The lowest BCUT2D eigenvalue weighted by atomic mass is 9.72. The van der Waals surface area contributed by atoms with Gasteiger partial charge >= 0.3 is 6.03 Å². The van der Waals surface area contributed by atoms with Crippen LogP contribution in [0.15, 0.2) is 36.4 Å². The molecule has 1 aliphatic carbocycles. The first-order valence-corrected chi connectivity index (χ1v) is 10.8. The summed E-state index contributed by atoms with van der Waals surface area (Å²) in [6, 6.07) is 12.4. The maximum absolute atomic E-state index is 11.6. The average Bonchev–Trinajstić information content (AvgIpc) is 3.22. The van der Waals surface area contributed by atoms with Gasteiger partial charge in [-0.25, -0.2) is 4.79 Å². The molecule has 2 amide bonds. The van der Waals surface area contributed by atoms with Crippen LogP contribution >= 0.6 is 0 Å². The highest BCUT2D eigenvalue weighted by molar-refractivity contribution is 5.87. The quantitative estimate of drug-likeness (QED) is 0.754. The summed E-state index contributed by atoms with van der Waals surface area (Å²) in [5.41, 5.74) is 2.86. The minimum absolute atomic E-state index is 0.234.